The van der Waals surface area contributed by atoms with Crippen LogP contribution < -0.4 is 10.9 Å². The Hall–Kier alpha value is -2.10. The summed E-state index contributed by atoms with van der Waals surface area (Å²) < 4.78 is 0. The van der Waals surface area contributed by atoms with Crippen LogP contribution in [0.1, 0.15) is 55.0 Å². The zero-order valence-corrected chi connectivity index (χ0v) is 12.7. The van der Waals surface area contributed by atoms with Gasteiger partial charge >= 0.3 is 0 Å². The number of benzene rings is 1. The van der Waals surface area contributed by atoms with Crippen molar-refractivity contribution < 1.29 is 0 Å². The number of aryl methyl sites for hydroxylation is 2. The summed E-state index contributed by atoms with van der Waals surface area (Å²) in [5.41, 5.74) is 4.27. The third-order valence-electron chi connectivity index (χ3n) is 4.91. The van der Waals surface area contributed by atoms with Crippen LogP contribution in [0, 0.1) is 0 Å². The summed E-state index contributed by atoms with van der Waals surface area (Å²) in [5.74, 6) is 1.15. The van der Waals surface area contributed by atoms with Gasteiger partial charge in [0, 0.05) is 11.4 Å². The fourth-order valence-electron chi connectivity index (χ4n) is 3.33. The number of fused-ring (bicyclic) bond motifs is 1. The van der Waals surface area contributed by atoms with Crippen molar-refractivity contribution in [1.29, 1.82) is 0 Å². The van der Waals surface area contributed by atoms with Crippen LogP contribution in [0.5, 0.6) is 0 Å². The molecule has 1 saturated carbocycles. The summed E-state index contributed by atoms with van der Waals surface area (Å²) in [7, 11) is 0. The Labute approximate surface area is 130 Å². The fourth-order valence-corrected chi connectivity index (χ4v) is 3.33. The van der Waals surface area contributed by atoms with Crippen molar-refractivity contribution >= 4 is 11.5 Å². The molecule has 4 rings (SSSR count). The van der Waals surface area contributed by atoms with Gasteiger partial charge in [-0.15, -0.1) is 0 Å². The average molecular weight is 295 g/mol. The van der Waals surface area contributed by atoms with Gasteiger partial charge in [-0.05, 0) is 62.1 Å². The first-order valence-corrected chi connectivity index (χ1v) is 8.28. The Morgan fingerprint density at radius 1 is 1.05 bits per heavy atom. The number of anilines is 2. The Bertz CT molecular complexity index is 729. The predicted molar refractivity (Wildman–Crippen MR) is 87.8 cm³/mol. The van der Waals surface area contributed by atoms with Crippen LogP contribution in [0.4, 0.5) is 11.5 Å². The van der Waals surface area contributed by atoms with E-state index in [9.17, 15) is 4.79 Å². The van der Waals surface area contributed by atoms with Crippen molar-refractivity contribution in [2.75, 3.05) is 5.32 Å². The summed E-state index contributed by atoms with van der Waals surface area (Å²) in [6.07, 6.45) is 8.15. The number of H-pyrrole nitrogens is 1. The Kier molecular flexibility index (Phi) is 3.45. The number of aromatic amines is 1. The molecule has 0 atom stereocenters. The molecule has 0 aliphatic heterocycles. The van der Waals surface area contributed by atoms with Crippen LogP contribution in [-0.4, -0.2) is 9.97 Å². The second-order valence-electron chi connectivity index (χ2n) is 6.42. The number of nitrogens with zero attached hydrogens (tertiary/aromatic N) is 1. The van der Waals surface area contributed by atoms with E-state index in [1.54, 1.807) is 0 Å². The maximum absolute atomic E-state index is 12.1. The van der Waals surface area contributed by atoms with Crippen LogP contribution >= 0.6 is 0 Å². The molecule has 0 radical (unpaired) electrons. The van der Waals surface area contributed by atoms with Gasteiger partial charge in [0.15, 0.2) is 5.82 Å². The van der Waals surface area contributed by atoms with E-state index in [0.717, 1.165) is 48.7 Å². The van der Waals surface area contributed by atoms with Crippen molar-refractivity contribution in [3.63, 3.8) is 0 Å². The Balaban J connectivity index is 1.56. The smallest absolute Gasteiger partial charge is 0.291 e. The van der Waals surface area contributed by atoms with Crippen LogP contribution in [-0.2, 0) is 12.8 Å². The molecule has 0 saturated heterocycles. The maximum atomic E-state index is 12.1. The van der Waals surface area contributed by atoms with E-state index in [1.807, 2.05) is 12.1 Å². The summed E-state index contributed by atoms with van der Waals surface area (Å²) >= 11 is 0. The van der Waals surface area contributed by atoms with E-state index < -0.39 is 0 Å². The fraction of sp³-hybridized carbons (Fsp3) is 0.444. The van der Waals surface area contributed by atoms with Crippen molar-refractivity contribution in [1.82, 2.24) is 9.97 Å². The summed E-state index contributed by atoms with van der Waals surface area (Å²) in [5, 5.41) is 3.17. The lowest BCUT2D eigenvalue weighted by atomic mass is 9.80. The second kappa shape index (κ2) is 5.59. The highest BCUT2D eigenvalue weighted by Crippen LogP contribution is 2.36. The topological polar surface area (TPSA) is 57.8 Å². The molecule has 114 valence electrons. The molecule has 0 bridgehead atoms. The van der Waals surface area contributed by atoms with Crippen molar-refractivity contribution in [3.05, 3.63) is 51.6 Å². The first-order valence-electron chi connectivity index (χ1n) is 8.28. The molecule has 1 aromatic carbocycles. The predicted octanol–water partition coefficient (Wildman–Crippen LogP) is 3.66. The standard InChI is InChI=1S/C18H21N3O/c22-18-17(20-15-6-1-2-7-16(15)21-18)19-14-10-8-13(9-11-14)12-4-3-5-12/h8-12H,1-7H2,(H,19,20)(H,21,22). The van der Waals surface area contributed by atoms with Gasteiger partial charge in [-0.1, -0.05) is 18.6 Å². The minimum absolute atomic E-state index is 0.122. The largest absolute Gasteiger partial charge is 0.336 e. The minimum Gasteiger partial charge on any atom is -0.336 e. The van der Waals surface area contributed by atoms with Crippen molar-refractivity contribution in [2.45, 2.75) is 50.9 Å². The lowest BCUT2D eigenvalue weighted by Crippen LogP contribution is -2.20. The Morgan fingerprint density at radius 3 is 2.55 bits per heavy atom. The number of hydrogen-bond donors (Lipinski definition) is 2. The first kappa shape index (κ1) is 13.6. The molecule has 1 heterocycles. The first-order chi connectivity index (χ1) is 10.8. The minimum atomic E-state index is -0.122. The third-order valence-corrected chi connectivity index (χ3v) is 4.91. The van der Waals surface area contributed by atoms with Crippen LogP contribution in [0.25, 0.3) is 0 Å². The quantitative estimate of drug-likeness (QED) is 0.908. The highest BCUT2D eigenvalue weighted by atomic mass is 16.1. The van der Waals surface area contributed by atoms with Crippen molar-refractivity contribution in [2.24, 2.45) is 0 Å². The number of nitrogens with one attached hydrogen (secondary N) is 2. The second-order valence-corrected chi connectivity index (χ2v) is 6.42. The number of aromatic nitrogens is 2. The molecule has 4 heteroatoms. The number of rotatable bonds is 3. The molecular formula is C18H21N3O. The maximum Gasteiger partial charge on any atom is 0.291 e. The normalized spacial score (nSPS) is 17.6. The van der Waals surface area contributed by atoms with E-state index in [-0.39, 0.29) is 5.56 Å². The number of hydrogen-bond acceptors (Lipinski definition) is 3. The molecule has 1 fully saturated rings. The van der Waals surface area contributed by atoms with Crippen LogP contribution in [0.3, 0.4) is 0 Å². The molecule has 2 aromatic rings. The molecule has 0 amide bonds. The molecule has 1 aromatic heterocycles. The molecule has 0 unspecified atom stereocenters. The molecule has 4 nitrogen and oxygen atoms in total. The molecule has 2 N–H and O–H groups in total. The zero-order chi connectivity index (χ0) is 14.9. The van der Waals surface area contributed by atoms with E-state index in [4.69, 9.17) is 0 Å². The lowest BCUT2D eigenvalue weighted by Gasteiger charge is -2.25. The van der Waals surface area contributed by atoms with Gasteiger partial charge in [0.05, 0.1) is 5.69 Å². The van der Waals surface area contributed by atoms with Gasteiger partial charge in [-0.2, -0.15) is 0 Å². The molecule has 0 spiro atoms. The van der Waals surface area contributed by atoms with E-state index in [0.29, 0.717) is 5.82 Å². The molecule has 2 aliphatic rings. The summed E-state index contributed by atoms with van der Waals surface area (Å²) in [4.78, 5) is 19.7. The van der Waals surface area contributed by atoms with Gasteiger partial charge in [-0.3, -0.25) is 4.79 Å². The van der Waals surface area contributed by atoms with Crippen molar-refractivity contribution in [3.8, 4) is 0 Å². The SMILES string of the molecule is O=c1[nH]c2c(nc1Nc1ccc(C3CCC3)cc1)CCCC2. The average Bonchev–Trinajstić information content (AvgIpc) is 2.48. The van der Waals surface area contributed by atoms with E-state index >= 15 is 0 Å². The van der Waals surface area contributed by atoms with Gasteiger partial charge in [-0.25, -0.2) is 4.98 Å². The zero-order valence-electron chi connectivity index (χ0n) is 12.7. The highest BCUT2D eigenvalue weighted by Gasteiger charge is 2.19. The van der Waals surface area contributed by atoms with Gasteiger partial charge < -0.3 is 10.3 Å². The van der Waals surface area contributed by atoms with E-state index in [2.05, 4.69) is 27.4 Å². The Morgan fingerprint density at radius 2 is 1.82 bits per heavy atom. The monoisotopic (exact) mass is 295 g/mol. The van der Waals surface area contributed by atoms with Crippen LogP contribution in [0.15, 0.2) is 29.1 Å². The summed E-state index contributed by atoms with van der Waals surface area (Å²) in [6, 6.07) is 8.43. The van der Waals surface area contributed by atoms with Gasteiger partial charge in [0.1, 0.15) is 0 Å². The summed E-state index contributed by atoms with van der Waals surface area (Å²) in [6.45, 7) is 0. The lowest BCUT2D eigenvalue weighted by molar-refractivity contribution is 0.420. The molecule has 22 heavy (non-hydrogen) atoms. The third kappa shape index (κ3) is 2.54. The van der Waals surface area contributed by atoms with Gasteiger partial charge in [0.2, 0.25) is 0 Å². The van der Waals surface area contributed by atoms with E-state index in [1.165, 1.54) is 24.8 Å². The molecular weight excluding hydrogens is 274 g/mol. The van der Waals surface area contributed by atoms with Gasteiger partial charge in [0.25, 0.3) is 5.56 Å². The highest BCUT2D eigenvalue weighted by molar-refractivity contribution is 5.56. The van der Waals surface area contributed by atoms with Crippen LogP contribution in [0.2, 0.25) is 0 Å². The molecule has 2 aliphatic carbocycles.